The number of aromatic nitrogens is 2. The molecule has 0 aliphatic carbocycles. The normalized spacial score (nSPS) is 19.4. The van der Waals surface area contributed by atoms with Gasteiger partial charge in [0.15, 0.2) is 0 Å². The summed E-state index contributed by atoms with van der Waals surface area (Å²) in [5, 5.41) is 6.74. The molecule has 0 radical (unpaired) electrons. The summed E-state index contributed by atoms with van der Waals surface area (Å²) in [6.45, 7) is 2.62. The van der Waals surface area contributed by atoms with Gasteiger partial charge in [-0.3, -0.25) is 9.82 Å². The Bertz CT molecular complexity index is 982. The van der Waals surface area contributed by atoms with Crippen molar-refractivity contribution in [3.05, 3.63) is 41.7 Å². The van der Waals surface area contributed by atoms with Crippen molar-refractivity contribution in [1.29, 1.82) is 0 Å². The third-order valence-corrected chi connectivity index (χ3v) is 6.89. The lowest BCUT2D eigenvalue weighted by atomic mass is 9.95. The first kappa shape index (κ1) is 18.9. The number of aryl methyl sites for hydroxylation is 1. The van der Waals surface area contributed by atoms with E-state index < -0.39 is 20.0 Å². The third-order valence-electron chi connectivity index (χ3n) is 4.42. The van der Waals surface area contributed by atoms with Crippen molar-refractivity contribution < 1.29 is 16.8 Å². The Morgan fingerprint density at radius 2 is 1.88 bits per heavy atom. The molecular formula is C16H22N4O4S2. The van der Waals surface area contributed by atoms with Crippen LogP contribution in [0.3, 0.4) is 0 Å². The second-order valence-corrected chi connectivity index (χ2v) is 10.3. The van der Waals surface area contributed by atoms with Crippen molar-refractivity contribution in [3.8, 4) is 0 Å². The Balaban J connectivity index is 1.84. The van der Waals surface area contributed by atoms with Crippen molar-refractivity contribution in [2.75, 3.05) is 24.1 Å². The van der Waals surface area contributed by atoms with Gasteiger partial charge >= 0.3 is 0 Å². The lowest BCUT2D eigenvalue weighted by Gasteiger charge is -2.31. The summed E-state index contributed by atoms with van der Waals surface area (Å²) in [5.41, 5.74) is 1.97. The van der Waals surface area contributed by atoms with Gasteiger partial charge in [0, 0.05) is 19.0 Å². The molecule has 1 aromatic heterocycles. The monoisotopic (exact) mass is 398 g/mol. The van der Waals surface area contributed by atoms with Crippen LogP contribution in [0.15, 0.2) is 35.4 Å². The fraction of sp³-hybridized carbons (Fsp3) is 0.438. The van der Waals surface area contributed by atoms with Crippen LogP contribution in [0.25, 0.3) is 0 Å². The van der Waals surface area contributed by atoms with Crippen LogP contribution in [0, 0.1) is 6.92 Å². The van der Waals surface area contributed by atoms with Crippen LogP contribution in [0.4, 0.5) is 5.69 Å². The van der Waals surface area contributed by atoms with E-state index in [1.54, 1.807) is 24.3 Å². The van der Waals surface area contributed by atoms with Gasteiger partial charge in [0.25, 0.3) is 0 Å². The molecule has 3 rings (SSSR count). The molecule has 1 fully saturated rings. The number of rotatable bonds is 5. The molecule has 1 saturated heterocycles. The smallest absolute Gasteiger partial charge is 0.243 e. The number of hydrogen-bond acceptors (Lipinski definition) is 5. The lowest BCUT2D eigenvalue weighted by molar-refractivity contribution is 0.313. The van der Waals surface area contributed by atoms with Crippen molar-refractivity contribution in [3.63, 3.8) is 0 Å². The molecule has 10 heteroatoms. The molecule has 2 heterocycles. The fourth-order valence-corrected chi connectivity index (χ4v) is 5.23. The van der Waals surface area contributed by atoms with E-state index in [4.69, 9.17) is 0 Å². The molecule has 1 atom stereocenters. The zero-order valence-corrected chi connectivity index (χ0v) is 16.3. The van der Waals surface area contributed by atoms with E-state index in [-0.39, 0.29) is 17.4 Å². The highest BCUT2D eigenvalue weighted by Gasteiger charge is 2.32. The Hall–Kier alpha value is -1.91. The number of anilines is 1. The molecule has 0 saturated carbocycles. The van der Waals surface area contributed by atoms with E-state index in [9.17, 15) is 16.8 Å². The van der Waals surface area contributed by atoms with Gasteiger partial charge in [-0.25, -0.2) is 16.8 Å². The highest BCUT2D eigenvalue weighted by atomic mass is 32.2. The predicted octanol–water partition coefficient (Wildman–Crippen LogP) is 1.66. The van der Waals surface area contributed by atoms with E-state index in [0.717, 1.165) is 18.2 Å². The van der Waals surface area contributed by atoms with Crippen LogP contribution in [-0.4, -0.2) is 50.7 Å². The van der Waals surface area contributed by atoms with Crippen LogP contribution in [0.1, 0.15) is 30.0 Å². The average molecular weight is 399 g/mol. The van der Waals surface area contributed by atoms with Gasteiger partial charge in [0.2, 0.25) is 20.0 Å². The molecule has 2 N–H and O–H groups in total. The minimum atomic E-state index is -3.59. The number of hydrogen-bond donors (Lipinski definition) is 2. The molecule has 1 aliphatic heterocycles. The topological polar surface area (TPSA) is 112 Å². The summed E-state index contributed by atoms with van der Waals surface area (Å²) in [6, 6.07) is 6.77. The molecule has 0 spiro atoms. The van der Waals surface area contributed by atoms with Gasteiger partial charge in [-0.15, -0.1) is 0 Å². The van der Waals surface area contributed by atoms with E-state index in [0.29, 0.717) is 24.3 Å². The SMILES string of the molecule is Cc1ccc(S(=O)(=O)N2CCC[C@@H](c3[nH]ncc3NS(C)(=O)=O)C2)cc1. The maximum absolute atomic E-state index is 12.9. The van der Waals surface area contributed by atoms with E-state index in [2.05, 4.69) is 14.9 Å². The third kappa shape index (κ3) is 4.08. The lowest BCUT2D eigenvalue weighted by Crippen LogP contribution is -2.39. The van der Waals surface area contributed by atoms with Gasteiger partial charge < -0.3 is 0 Å². The Labute approximate surface area is 153 Å². The minimum Gasteiger partial charge on any atom is -0.280 e. The van der Waals surface area contributed by atoms with Crippen LogP contribution in [0.2, 0.25) is 0 Å². The number of aromatic amines is 1. The Morgan fingerprint density at radius 3 is 2.54 bits per heavy atom. The van der Waals surface area contributed by atoms with Crippen molar-refractivity contribution in [1.82, 2.24) is 14.5 Å². The highest BCUT2D eigenvalue weighted by molar-refractivity contribution is 7.92. The maximum atomic E-state index is 12.9. The zero-order chi connectivity index (χ0) is 18.9. The molecule has 0 unspecified atom stereocenters. The number of nitrogens with zero attached hydrogens (tertiary/aromatic N) is 2. The maximum Gasteiger partial charge on any atom is 0.243 e. The number of H-pyrrole nitrogens is 1. The van der Waals surface area contributed by atoms with E-state index >= 15 is 0 Å². The fourth-order valence-electron chi connectivity index (χ4n) is 3.14. The summed E-state index contributed by atoms with van der Waals surface area (Å²) in [6.07, 6.45) is 3.91. The van der Waals surface area contributed by atoms with E-state index in [1.807, 2.05) is 6.92 Å². The largest absolute Gasteiger partial charge is 0.280 e. The quantitative estimate of drug-likeness (QED) is 0.795. The second kappa shape index (κ2) is 7.01. The summed E-state index contributed by atoms with van der Waals surface area (Å²) < 4.78 is 52.7. The van der Waals surface area contributed by atoms with Crippen LogP contribution >= 0.6 is 0 Å². The molecule has 2 aromatic rings. The molecule has 1 aliphatic rings. The van der Waals surface area contributed by atoms with Crippen LogP contribution < -0.4 is 4.72 Å². The Morgan fingerprint density at radius 1 is 1.19 bits per heavy atom. The van der Waals surface area contributed by atoms with Crippen molar-refractivity contribution in [2.24, 2.45) is 0 Å². The molecule has 0 amide bonds. The van der Waals surface area contributed by atoms with Crippen LogP contribution in [0.5, 0.6) is 0 Å². The summed E-state index contributed by atoms with van der Waals surface area (Å²) >= 11 is 0. The first-order valence-electron chi connectivity index (χ1n) is 8.25. The van der Waals surface area contributed by atoms with Gasteiger partial charge in [-0.05, 0) is 31.9 Å². The number of benzene rings is 1. The Kier molecular flexibility index (Phi) is 5.09. The first-order chi connectivity index (χ1) is 12.2. The predicted molar refractivity (Wildman–Crippen MR) is 99.0 cm³/mol. The van der Waals surface area contributed by atoms with Gasteiger partial charge in [0.05, 0.1) is 28.7 Å². The van der Waals surface area contributed by atoms with Gasteiger partial charge in [0.1, 0.15) is 0 Å². The molecule has 26 heavy (non-hydrogen) atoms. The van der Waals surface area contributed by atoms with E-state index in [1.165, 1.54) is 10.5 Å². The number of sulfonamides is 2. The number of piperidine rings is 1. The van der Waals surface area contributed by atoms with Crippen molar-refractivity contribution in [2.45, 2.75) is 30.6 Å². The highest BCUT2D eigenvalue weighted by Crippen LogP contribution is 2.33. The average Bonchev–Trinajstić information content (AvgIpc) is 3.01. The number of nitrogens with one attached hydrogen (secondary N) is 2. The zero-order valence-electron chi connectivity index (χ0n) is 14.6. The molecule has 8 nitrogen and oxygen atoms in total. The molecule has 0 bridgehead atoms. The first-order valence-corrected chi connectivity index (χ1v) is 11.6. The summed E-state index contributed by atoms with van der Waals surface area (Å²) in [4.78, 5) is 0.267. The molecule has 1 aromatic carbocycles. The molecule has 142 valence electrons. The van der Waals surface area contributed by atoms with Gasteiger partial charge in [-0.1, -0.05) is 17.7 Å². The standard InChI is InChI=1S/C16H22N4O4S2/c1-12-5-7-14(8-6-12)26(23,24)20-9-3-4-13(11-20)16-15(10-17-18-16)19-25(2,21)22/h5-8,10,13,19H,3-4,9,11H2,1-2H3,(H,17,18)/t13-/m1/s1. The van der Waals surface area contributed by atoms with Crippen molar-refractivity contribution >= 4 is 25.7 Å². The second-order valence-electron chi connectivity index (χ2n) is 6.59. The van der Waals surface area contributed by atoms with Crippen LogP contribution in [-0.2, 0) is 20.0 Å². The summed E-state index contributed by atoms with van der Waals surface area (Å²) in [5.74, 6) is -0.157. The van der Waals surface area contributed by atoms with Gasteiger partial charge in [-0.2, -0.15) is 9.40 Å². The summed E-state index contributed by atoms with van der Waals surface area (Å²) in [7, 11) is -7.03. The minimum absolute atomic E-state index is 0.157. The molecular weight excluding hydrogens is 376 g/mol.